The molecule has 12 heteroatoms. The summed E-state index contributed by atoms with van der Waals surface area (Å²) in [5.41, 5.74) is -0.242. The Balaban J connectivity index is 1.43. The molecule has 2 aromatic rings. The molecule has 3 amide bonds. The molecule has 0 radical (unpaired) electrons. The average Bonchev–Trinajstić information content (AvgIpc) is 3.48. The van der Waals surface area contributed by atoms with Crippen molar-refractivity contribution in [2.45, 2.75) is 49.2 Å². The monoisotopic (exact) mass is 659 g/mol. The van der Waals surface area contributed by atoms with Gasteiger partial charge in [-0.25, -0.2) is 0 Å². The number of aliphatic hydroxyl groups excluding tert-OH is 1. The Bertz CT molecular complexity index is 1560. The van der Waals surface area contributed by atoms with Crippen molar-refractivity contribution >= 4 is 29.4 Å². The van der Waals surface area contributed by atoms with E-state index in [1.54, 1.807) is 72.7 Å². The lowest BCUT2D eigenvalue weighted by molar-refractivity contribution is -0.162. The number of methoxy groups -OCH3 is 2. The fourth-order valence-electron chi connectivity index (χ4n) is 7.36. The van der Waals surface area contributed by atoms with E-state index in [4.69, 9.17) is 18.9 Å². The number of allylic oxidation sites excluding steroid dienone is 1. The number of cyclic esters (lactones) is 1. The lowest BCUT2D eigenvalue weighted by Crippen LogP contribution is -2.55. The predicted octanol–water partition coefficient (Wildman–Crippen LogP) is 2.33. The van der Waals surface area contributed by atoms with Gasteiger partial charge in [0.25, 0.3) is 5.91 Å². The molecule has 48 heavy (non-hydrogen) atoms. The molecule has 0 aromatic heterocycles. The Kier molecular flexibility index (Phi) is 9.95. The van der Waals surface area contributed by atoms with Crippen LogP contribution >= 0.6 is 0 Å². The van der Waals surface area contributed by atoms with E-state index in [1.807, 2.05) is 18.2 Å². The summed E-state index contributed by atoms with van der Waals surface area (Å²) < 4.78 is 23.8. The summed E-state index contributed by atoms with van der Waals surface area (Å²) in [6.07, 6.45) is 5.92. The van der Waals surface area contributed by atoms with Crippen LogP contribution in [0.15, 0.2) is 78.9 Å². The number of carbonyl (C=O) groups is 4. The third-order valence-corrected chi connectivity index (χ3v) is 9.50. The maximum atomic E-state index is 14.6. The number of rotatable bonds is 8. The van der Waals surface area contributed by atoms with E-state index in [1.165, 1.54) is 12.0 Å². The summed E-state index contributed by atoms with van der Waals surface area (Å²) in [6.45, 7) is 0.179. The van der Waals surface area contributed by atoms with Crippen LogP contribution in [-0.2, 0) is 33.4 Å². The minimum atomic E-state index is -1.49. The molecule has 2 fully saturated rings. The fraction of sp³-hybridized carbons (Fsp3) is 0.444. The van der Waals surface area contributed by atoms with Crippen molar-refractivity contribution in [2.75, 3.05) is 45.4 Å². The number of ether oxygens (including phenoxy) is 4. The number of carbonyl (C=O) groups excluding carboxylic acids is 4. The smallest absolute Gasteiger partial charge is 0.313 e. The summed E-state index contributed by atoms with van der Waals surface area (Å²) in [5, 5.41) is 12.7. The van der Waals surface area contributed by atoms with E-state index in [-0.39, 0.29) is 51.0 Å². The maximum Gasteiger partial charge on any atom is 0.313 e. The fourth-order valence-corrected chi connectivity index (χ4v) is 7.36. The van der Waals surface area contributed by atoms with Crippen LogP contribution in [0.1, 0.15) is 30.9 Å². The molecule has 254 valence electrons. The minimum absolute atomic E-state index is 0.0702. The van der Waals surface area contributed by atoms with E-state index < -0.39 is 53.6 Å². The molecule has 4 aliphatic heterocycles. The van der Waals surface area contributed by atoms with E-state index in [2.05, 4.69) is 5.32 Å². The molecule has 2 N–H and O–H groups in total. The number of aliphatic hydroxyl groups is 1. The average molecular weight is 660 g/mol. The summed E-state index contributed by atoms with van der Waals surface area (Å²) in [7, 11) is 3.06. The highest BCUT2D eigenvalue weighted by Gasteiger charge is 2.71. The van der Waals surface area contributed by atoms with Gasteiger partial charge in [0.1, 0.15) is 29.4 Å². The molecule has 0 aliphatic carbocycles. The second-order valence-corrected chi connectivity index (χ2v) is 12.4. The molecular weight excluding hydrogens is 618 g/mol. The van der Waals surface area contributed by atoms with E-state index in [0.717, 1.165) is 0 Å². The Morgan fingerprint density at radius 2 is 1.77 bits per heavy atom. The van der Waals surface area contributed by atoms with Gasteiger partial charge in [0.15, 0.2) is 0 Å². The van der Waals surface area contributed by atoms with Crippen LogP contribution in [-0.4, -0.2) is 98.0 Å². The second-order valence-electron chi connectivity index (χ2n) is 12.4. The number of nitrogens with one attached hydrogen (secondary N) is 1. The largest absolute Gasteiger partial charge is 0.497 e. The number of hydrogen-bond donors (Lipinski definition) is 2. The first-order chi connectivity index (χ1) is 23.3. The van der Waals surface area contributed by atoms with Gasteiger partial charge in [-0.05, 0) is 42.7 Å². The van der Waals surface area contributed by atoms with Gasteiger partial charge in [-0.2, -0.15) is 0 Å². The van der Waals surface area contributed by atoms with Crippen LogP contribution in [0.5, 0.6) is 5.75 Å². The highest BCUT2D eigenvalue weighted by atomic mass is 16.6. The first-order valence-corrected chi connectivity index (χ1v) is 16.3. The van der Waals surface area contributed by atoms with Gasteiger partial charge in [-0.3, -0.25) is 19.2 Å². The van der Waals surface area contributed by atoms with Crippen LogP contribution in [0.3, 0.4) is 0 Å². The van der Waals surface area contributed by atoms with Gasteiger partial charge in [0.05, 0.1) is 31.8 Å². The van der Waals surface area contributed by atoms with E-state index >= 15 is 0 Å². The van der Waals surface area contributed by atoms with Gasteiger partial charge in [-0.1, -0.05) is 54.6 Å². The first kappa shape index (κ1) is 33.4. The Hall–Kier alpha value is -4.52. The first-order valence-electron chi connectivity index (χ1n) is 16.3. The summed E-state index contributed by atoms with van der Waals surface area (Å²) in [5.74, 6) is -3.28. The number of hydrogen-bond acceptors (Lipinski definition) is 9. The lowest BCUT2D eigenvalue weighted by atomic mass is 9.77. The van der Waals surface area contributed by atoms with E-state index in [9.17, 15) is 24.3 Å². The second kappa shape index (κ2) is 14.3. The summed E-state index contributed by atoms with van der Waals surface area (Å²) >= 11 is 0. The summed E-state index contributed by atoms with van der Waals surface area (Å²) in [6, 6.07) is 14.3. The quantitative estimate of drug-likeness (QED) is 0.322. The van der Waals surface area contributed by atoms with Crippen molar-refractivity contribution < 1.29 is 43.2 Å². The van der Waals surface area contributed by atoms with Crippen molar-refractivity contribution in [3.63, 3.8) is 0 Å². The zero-order valence-corrected chi connectivity index (χ0v) is 27.0. The van der Waals surface area contributed by atoms with Crippen LogP contribution in [0, 0.1) is 11.8 Å². The molecule has 4 aliphatic rings. The topological polar surface area (TPSA) is 144 Å². The van der Waals surface area contributed by atoms with Crippen molar-refractivity contribution in [3.05, 3.63) is 84.5 Å². The molecule has 2 saturated heterocycles. The number of anilines is 1. The Morgan fingerprint density at radius 1 is 1.00 bits per heavy atom. The number of amides is 3. The van der Waals surface area contributed by atoms with Gasteiger partial charge >= 0.3 is 5.97 Å². The van der Waals surface area contributed by atoms with Crippen LogP contribution in [0.25, 0.3) is 0 Å². The van der Waals surface area contributed by atoms with Crippen LogP contribution in [0.4, 0.5) is 5.69 Å². The van der Waals surface area contributed by atoms with Gasteiger partial charge in [0, 0.05) is 38.9 Å². The zero-order chi connectivity index (χ0) is 33.8. The number of likely N-dealkylation sites (tertiary alicyclic amines) is 1. The molecule has 0 saturated carbocycles. The molecule has 0 bridgehead atoms. The number of fused-ring (bicyclic) bond motifs is 2. The van der Waals surface area contributed by atoms with Crippen LogP contribution in [0.2, 0.25) is 0 Å². The van der Waals surface area contributed by atoms with Gasteiger partial charge in [0.2, 0.25) is 11.8 Å². The predicted molar refractivity (Wildman–Crippen MR) is 174 cm³/mol. The molecule has 1 spiro atoms. The third-order valence-electron chi connectivity index (χ3n) is 9.50. The van der Waals surface area contributed by atoms with Crippen molar-refractivity contribution in [1.29, 1.82) is 0 Å². The van der Waals surface area contributed by atoms with Crippen molar-refractivity contribution in [3.8, 4) is 5.75 Å². The minimum Gasteiger partial charge on any atom is -0.497 e. The molecule has 2 aromatic carbocycles. The number of nitrogens with zero attached hydrogens (tertiary/aromatic N) is 2. The van der Waals surface area contributed by atoms with Gasteiger partial charge < -0.3 is 39.2 Å². The lowest BCUT2D eigenvalue weighted by Gasteiger charge is -2.35. The molecule has 12 nitrogen and oxygen atoms in total. The SMILES string of the molecule is COC[C@@H]1NC(=O)CC/C=C\[C@@H]2O[C@@]34C=CCN(c5ccc(OC)cc5)C(=O)[C@@H]3N(CCCO)C(=O)[C@H]4[C@@H]2C(=O)O[C@H]1c1ccccc1. The molecule has 7 atom stereocenters. The Labute approximate surface area is 279 Å². The van der Waals surface area contributed by atoms with Gasteiger partial charge in [-0.15, -0.1) is 0 Å². The summed E-state index contributed by atoms with van der Waals surface area (Å²) in [4.78, 5) is 59.5. The highest BCUT2D eigenvalue weighted by molar-refractivity contribution is 6.05. The molecule has 6 rings (SSSR count). The number of esters is 1. The zero-order valence-electron chi connectivity index (χ0n) is 27.0. The van der Waals surface area contributed by atoms with Crippen molar-refractivity contribution in [2.24, 2.45) is 11.8 Å². The maximum absolute atomic E-state index is 14.6. The molecular formula is C36H41N3O9. The molecule has 0 unspecified atom stereocenters. The highest BCUT2D eigenvalue weighted by Crippen LogP contribution is 2.53. The van der Waals surface area contributed by atoms with E-state index in [0.29, 0.717) is 23.4 Å². The number of benzene rings is 2. The standard InChI is InChI=1S/C36H41N3O9/c1-45-22-26-31(23-10-4-3-5-11-23)47-35(44)29-27(12-6-7-13-28(41)37-26)48-36-18-8-19-38(24-14-16-25(46-2)17-15-24)34(43)32(36)39(20-9-21-40)33(42)30(29)36/h3-6,8,10-12,14-18,26-27,29-32,40H,7,9,13,19-22H2,1-2H3,(H,37,41)/b12-6-/t26-,27-,29+,30+,31-,32-,36+/m0/s1. The van der Waals surface area contributed by atoms with Crippen molar-refractivity contribution in [1.82, 2.24) is 10.2 Å². The Morgan fingerprint density at radius 3 is 2.48 bits per heavy atom. The van der Waals surface area contributed by atoms with Crippen LogP contribution < -0.4 is 15.0 Å². The molecule has 4 heterocycles. The normalized spacial score (nSPS) is 31.1. The third kappa shape index (κ3) is 6.11.